The maximum atomic E-state index is 13.0. The molecule has 0 aliphatic carbocycles. The highest BCUT2D eigenvalue weighted by molar-refractivity contribution is 5.46. The summed E-state index contributed by atoms with van der Waals surface area (Å²) in [6.07, 6.45) is 0. The molecule has 0 fully saturated rings. The largest absolute Gasteiger partial charge is 0.508 e. The Kier molecular flexibility index (Phi) is 3.28. The van der Waals surface area contributed by atoms with Gasteiger partial charge < -0.3 is 10.4 Å². The molecular weight excluding hydrogens is 217 g/mol. The molecule has 2 aromatic rings. The van der Waals surface area contributed by atoms with E-state index in [1.807, 2.05) is 19.1 Å². The van der Waals surface area contributed by atoms with Crippen molar-refractivity contribution in [3.05, 3.63) is 59.9 Å². The van der Waals surface area contributed by atoms with Crippen molar-refractivity contribution in [2.24, 2.45) is 0 Å². The van der Waals surface area contributed by atoms with Crippen molar-refractivity contribution in [3.63, 3.8) is 0 Å². The minimum atomic E-state index is -0.266. The summed E-state index contributed by atoms with van der Waals surface area (Å²) < 4.78 is 13.0. The Labute approximate surface area is 99.7 Å². The molecular formula is C14H14FNO. The SMILES string of the molecule is CC(Nc1cccc(F)c1)c1cccc(O)c1. The molecule has 0 aromatic heterocycles. The summed E-state index contributed by atoms with van der Waals surface area (Å²) in [5.41, 5.74) is 1.68. The zero-order chi connectivity index (χ0) is 12.3. The van der Waals surface area contributed by atoms with Crippen LogP contribution in [0.15, 0.2) is 48.5 Å². The first-order chi connectivity index (χ1) is 8.15. The van der Waals surface area contributed by atoms with Gasteiger partial charge in [-0.3, -0.25) is 0 Å². The number of halogens is 1. The number of nitrogens with one attached hydrogen (secondary N) is 1. The molecule has 3 heteroatoms. The second kappa shape index (κ2) is 4.87. The Bertz CT molecular complexity index is 513. The monoisotopic (exact) mass is 231 g/mol. The summed E-state index contributed by atoms with van der Waals surface area (Å²) in [7, 11) is 0. The second-order valence-corrected chi connectivity index (χ2v) is 3.97. The molecule has 1 atom stereocenters. The maximum Gasteiger partial charge on any atom is 0.125 e. The predicted molar refractivity (Wildman–Crippen MR) is 66.5 cm³/mol. The molecule has 0 bridgehead atoms. The van der Waals surface area contributed by atoms with E-state index in [1.165, 1.54) is 12.1 Å². The fourth-order valence-electron chi connectivity index (χ4n) is 1.71. The molecule has 2 aromatic carbocycles. The number of phenols is 1. The van der Waals surface area contributed by atoms with Gasteiger partial charge >= 0.3 is 0 Å². The molecule has 0 heterocycles. The lowest BCUT2D eigenvalue weighted by atomic mass is 10.1. The second-order valence-electron chi connectivity index (χ2n) is 3.97. The van der Waals surface area contributed by atoms with Crippen LogP contribution in [-0.4, -0.2) is 5.11 Å². The van der Waals surface area contributed by atoms with Gasteiger partial charge in [-0.05, 0) is 42.8 Å². The van der Waals surface area contributed by atoms with Crippen molar-refractivity contribution >= 4 is 5.69 Å². The fourth-order valence-corrected chi connectivity index (χ4v) is 1.71. The van der Waals surface area contributed by atoms with Crippen molar-refractivity contribution in [1.82, 2.24) is 0 Å². The van der Waals surface area contributed by atoms with Crippen LogP contribution in [0.3, 0.4) is 0 Å². The van der Waals surface area contributed by atoms with E-state index in [-0.39, 0.29) is 17.6 Å². The van der Waals surface area contributed by atoms with Gasteiger partial charge in [0.2, 0.25) is 0 Å². The van der Waals surface area contributed by atoms with E-state index in [0.717, 1.165) is 11.3 Å². The van der Waals surface area contributed by atoms with E-state index in [2.05, 4.69) is 5.32 Å². The molecule has 0 saturated heterocycles. The summed E-state index contributed by atoms with van der Waals surface area (Å²) in [5.74, 6) is -0.0338. The van der Waals surface area contributed by atoms with Crippen molar-refractivity contribution in [3.8, 4) is 5.75 Å². The first kappa shape index (κ1) is 11.5. The molecule has 0 radical (unpaired) electrons. The van der Waals surface area contributed by atoms with Crippen LogP contribution < -0.4 is 5.32 Å². The highest BCUT2D eigenvalue weighted by atomic mass is 19.1. The van der Waals surface area contributed by atoms with Crippen molar-refractivity contribution in [2.45, 2.75) is 13.0 Å². The Morgan fingerprint density at radius 1 is 1.12 bits per heavy atom. The lowest BCUT2D eigenvalue weighted by Crippen LogP contribution is -2.06. The molecule has 2 rings (SSSR count). The number of aromatic hydroxyl groups is 1. The lowest BCUT2D eigenvalue weighted by molar-refractivity contribution is 0.474. The van der Waals surface area contributed by atoms with Crippen LogP contribution in [0.4, 0.5) is 10.1 Å². The summed E-state index contributed by atoms with van der Waals surface area (Å²) in [6.45, 7) is 1.96. The number of hydrogen-bond donors (Lipinski definition) is 2. The average Bonchev–Trinajstić information content (AvgIpc) is 2.29. The first-order valence-corrected chi connectivity index (χ1v) is 5.46. The number of anilines is 1. The number of benzene rings is 2. The van der Waals surface area contributed by atoms with E-state index < -0.39 is 0 Å². The zero-order valence-electron chi connectivity index (χ0n) is 9.52. The Morgan fingerprint density at radius 3 is 2.59 bits per heavy atom. The quantitative estimate of drug-likeness (QED) is 0.844. The minimum absolute atomic E-state index is 0.00361. The van der Waals surface area contributed by atoms with Crippen molar-refractivity contribution in [1.29, 1.82) is 0 Å². The van der Waals surface area contributed by atoms with Crippen LogP contribution >= 0.6 is 0 Å². The molecule has 17 heavy (non-hydrogen) atoms. The zero-order valence-corrected chi connectivity index (χ0v) is 9.52. The lowest BCUT2D eigenvalue weighted by Gasteiger charge is -2.15. The summed E-state index contributed by atoms with van der Waals surface area (Å²) in [4.78, 5) is 0. The van der Waals surface area contributed by atoms with Gasteiger partial charge in [-0.1, -0.05) is 18.2 Å². The maximum absolute atomic E-state index is 13.0. The van der Waals surface area contributed by atoms with Crippen LogP contribution in [0, 0.1) is 5.82 Å². The third-order valence-electron chi connectivity index (χ3n) is 2.58. The number of phenolic OH excluding ortho intramolecular Hbond substituents is 1. The smallest absolute Gasteiger partial charge is 0.125 e. The van der Waals surface area contributed by atoms with Crippen LogP contribution in [0.2, 0.25) is 0 Å². The standard InChI is InChI=1S/C14H14FNO/c1-10(11-4-2-7-14(17)8-11)16-13-6-3-5-12(15)9-13/h2-10,16-17H,1H3. The van der Waals surface area contributed by atoms with Gasteiger partial charge in [0.1, 0.15) is 11.6 Å². The van der Waals surface area contributed by atoms with Crippen molar-refractivity contribution in [2.75, 3.05) is 5.32 Å². The van der Waals surface area contributed by atoms with Crippen LogP contribution in [0.5, 0.6) is 5.75 Å². The molecule has 88 valence electrons. The number of hydrogen-bond acceptors (Lipinski definition) is 2. The minimum Gasteiger partial charge on any atom is -0.508 e. The topological polar surface area (TPSA) is 32.3 Å². The highest BCUT2D eigenvalue weighted by Gasteiger charge is 2.06. The van der Waals surface area contributed by atoms with E-state index in [4.69, 9.17) is 0 Å². The van der Waals surface area contributed by atoms with Gasteiger partial charge in [-0.2, -0.15) is 0 Å². The van der Waals surface area contributed by atoms with Crippen molar-refractivity contribution < 1.29 is 9.50 Å². The van der Waals surface area contributed by atoms with E-state index >= 15 is 0 Å². The normalized spacial score (nSPS) is 12.1. The van der Waals surface area contributed by atoms with Gasteiger partial charge in [0.15, 0.2) is 0 Å². The van der Waals surface area contributed by atoms with Gasteiger partial charge in [0, 0.05) is 11.7 Å². The van der Waals surface area contributed by atoms with Crippen LogP contribution in [0.25, 0.3) is 0 Å². The van der Waals surface area contributed by atoms with Gasteiger partial charge in [-0.25, -0.2) is 4.39 Å². The molecule has 2 N–H and O–H groups in total. The third kappa shape index (κ3) is 2.97. The van der Waals surface area contributed by atoms with E-state index in [0.29, 0.717) is 0 Å². The summed E-state index contributed by atoms with van der Waals surface area (Å²) in [6, 6.07) is 13.3. The predicted octanol–water partition coefficient (Wildman–Crippen LogP) is 3.70. The Morgan fingerprint density at radius 2 is 1.88 bits per heavy atom. The molecule has 2 nitrogen and oxygen atoms in total. The molecule has 0 spiro atoms. The van der Waals surface area contributed by atoms with Gasteiger partial charge in [0.25, 0.3) is 0 Å². The molecule has 0 saturated carbocycles. The molecule has 0 aliphatic heterocycles. The third-order valence-corrected chi connectivity index (χ3v) is 2.58. The van der Waals surface area contributed by atoms with Gasteiger partial charge in [0.05, 0.1) is 0 Å². The Balaban J connectivity index is 2.14. The van der Waals surface area contributed by atoms with Crippen LogP contribution in [0.1, 0.15) is 18.5 Å². The first-order valence-electron chi connectivity index (χ1n) is 5.46. The highest BCUT2D eigenvalue weighted by Crippen LogP contribution is 2.22. The molecule has 0 amide bonds. The van der Waals surface area contributed by atoms with Gasteiger partial charge in [-0.15, -0.1) is 0 Å². The molecule has 0 aliphatic rings. The fraction of sp³-hybridized carbons (Fsp3) is 0.143. The van der Waals surface area contributed by atoms with Crippen LogP contribution in [-0.2, 0) is 0 Å². The Hall–Kier alpha value is -2.03. The van der Waals surface area contributed by atoms with E-state index in [1.54, 1.807) is 24.3 Å². The average molecular weight is 231 g/mol. The van der Waals surface area contributed by atoms with E-state index in [9.17, 15) is 9.50 Å². The number of rotatable bonds is 3. The summed E-state index contributed by atoms with van der Waals surface area (Å²) in [5, 5.41) is 12.6. The summed E-state index contributed by atoms with van der Waals surface area (Å²) >= 11 is 0. The molecule has 1 unspecified atom stereocenters.